The van der Waals surface area contributed by atoms with Crippen molar-refractivity contribution in [3.63, 3.8) is 0 Å². The number of nitrogens with two attached hydrogens (primary N) is 1. The lowest BCUT2D eigenvalue weighted by molar-refractivity contribution is 0.473. The molecule has 1 aromatic heterocycles. The van der Waals surface area contributed by atoms with Crippen LogP contribution in [0, 0.1) is 6.92 Å². The summed E-state index contributed by atoms with van der Waals surface area (Å²) in [6.07, 6.45) is 1.82. The van der Waals surface area contributed by atoms with Gasteiger partial charge in [0.2, 0.25) is 0 Å². The highest BCUT2D eigenvalue weighted by Gasteiger charge is 2.34. The molecule has 21 heavy (non-hydrogen) atoms. The molecule has 0 saturated carbocycles. The zero-order valence-corrected chi connectivity index (χ0v) is 12.1. The number of aryl methyl sites for hydroxylation is 1. The molecule has 0 spiro atoms. The first-order chi connectivity index (χ1) is 10.1. The molecule has 0 saturated heterocycles. The second-order valence-electron chi connectivity index (χ2n) is 6.14. The van der Waals surface area contributed by atoms with E-state index in [0.29, 0.717) is 0 Å². The highest BCUT2D eigenvalue weighted by atomic mass is 14.8. The Bertz CT molecular complexity index is 811. The van der Waals surface area contributed by atoms with E-state index in [1.807, 2.05) is 6.92 Å². The number of benzene rings is 2. The molecule has 0 fully saturated rings. The van der Waals surface area contributed by atoms with Crippen molar-refractivity contribution in [2.75, 3.05) is 0 Å². The lowest BCUT2D eigenvalue weighted by atomic mass is 9.87. The SMILES string of the molecule is Cc1ccc2cc(C3(N)Cc4ccccc4C3)ccc2n1. The molecule has 0 bridgehead atoms. The summed E-state index contributed by atoms with van der Waals surface area (Å²) in [6.45, 7) is 2.02. The molecule has 0 amide bonds. The van der Waals surface area contributed by atoms with Crippen LogP contribution in [0.5, 0.6) is 0 Å². The quantitative estimate of drug-likeness (QED) is 0.737. The maximum Gasteiger partial charge on any atom is 0.0705 e. The number of nitrogens with zero attached hydrogens (tertiary/aromatic N) is 1. The third kappa shape index (κ3) is 2.03. The van der Waals surface area contributed by atoms with Crippen LogP contribution >= 0.6 is 0 Å². The first-order valence-corrected chi connectivity index (χ1v) is 7.38. The fourth-order valence-electron chi connectivity index (χ4n) is 3.39. The summed E-state index contributed by atoms with van der Waals surface area (Å²) >= 11 is 0. The van der Waals surface area contributed by atoms with Gasteiger partial charge in [-0.15, -0.1) is 0 Å². The zero-order chi connectivity index (χ0) is 14.4. The van der Waals surface area contributed by atoms with E-state index in [9.17, 15) is 0 Å². The van der Waals surface area contributed by atoms with E-state index in [2.05, 4.69) is 59.6 Å². The van der Waals surface area contributed by atoms with Crippen LogP contribution in [0.4, 0.5) is 0 Å². The van der Waals surface area contributed by atoms with E-state index >= 15 is 0 Å². The van der Waals surface area contributed by atoms with Gasteiger partial charge in [0, 0.05) is 16.6 Å². The van der Waals surface area contributed by atoms with Crippen molar-refractivity contribution in [1.82, 2.24) is 4.98 Å². The normalized spacial score (nSPS) is 16.1. The number of hydrogen-bond acceptors (Lipinski definition) is 2. The van der Waals surface area contributed by atoms with Crippen LogP contribution in [0.1, 0.15) is 22.4 Å². The average Bonchev–Trinajstić information content (AvgIpc) is 2.84. The monoisotopic (exact) mass is 274 g/mol. The molecule has 2 heteroatoms. The topological polar surface area (TPSA) is 38.9 Å². The number of rotatable bonds is 1. The average molecular weight is 274 g/mol. The molecule has 2 nitrogen and oxygen atoms in total. The van der Waals surface area contributed by atoms with Gasteiger partial charge in [0.05, 0.1) is 5.52 Å². The highest BCUT2D eigenvalue weighted by Crippen LogP contribution is 2.36. The van der Waals surface area contributed by atoms with Crippen LogP contribution in [0.25, 0.3) is 10.9 Å². The Hall–Kier alpha value is -2.19. The predicted octanol–water partition coefficient (Wildman–Crippen LogP) is 3.50. The molecule has 1 aliphatic rings. The third-order valence-corrected chi connectivity index (χ3v) is 4.53. The fraction of sp³-hybridized carbons (Fsp3) is 0.211. The Labute approximate surface area is 124 Å². The van der Waals surface area contributed by atoms with Crippen molar-refractivity contribution >= 4 is 10.9 Å². The Morgan fingerprint density at radius 1 is 0.952 bits per heavy atom. The summed E-state index contributed by atoms with van der Waals surface area (Å²) in [4.78, 5) is 4.56. The standard InChI is InChI=1S/C19H18N2/c1-13-6-7-14-10-17(8-9-18(14)21-13)19(20)11-15-4-2-3-5-16(15)12-19/h2-10H,11-12,20H2,1H3. The summed E-state index contributed by atoms with van der Waals surface area (Å²) in [5.74, 6) is 0. The van der Waals surface area contributed by atoms with E-state index < -0.39 is 0 Å². The summed E-state index contributed by atoms with van der Waals surface area (Å²) in [7, 11) is 0. The van der Waals surface area contributed by atoms with Crippen molar-refractivity contribution in [2.45, 2.75) is 25.3 Å². The smallest absolute Gasteiger partial charge is 0.0705 e. The molecule has 0 unspecified atom stereocenters. The predicted molar refractivity (Wildman–Crippen MR) is 86.2 cm³/mol. The van der Waals surface area contributed by atoms with Crippen LogP contribution in [-0.2, 0) is 18.4 Å². The molecular formula is C19H18N2. The van der Waals surface area contributed by atoms with Gasteiger partial charge in [0.25, 0.3) is 0 Å². The molecule has 104 valence electrons. The molecule has 0 aliphatic heterocycles. The van der Waals surface area contributed by atoms with Gasteiger partial charge in [0.1, 0.15) is 0 Å². The van der Waals surface area contributed by atoms with Gasteiger partial charge in [0.15, 0.2) is 0 Å². The third-order valence-electron chi connectivity index (χ3n) is 4.53. The van der Waals surface area contributed by atoms with Gasteiger partial charge in [-0.1, -0.05) is 36.4 Å². The molecule has 2 aromatic carbocycles. The van der Waals surface area contributed by atoms with Crippen molar-refractivity contribution in [1.29, 1.82) is 0 Å². The molecule has 2 N–H and O–H groups in total. The molecular weight excluding hydrogens is 256 g/mol. The lowest BCUT2D eigenvalue weighted by Crippen LogP contribution is -2.37. The molecule has 1 aliphatic carbocycles. The van der Waals surface area contributed by atoms with Crippen molar-refractivity contribution in [3.05, 3.63) is 77.0 Å². The summed E-state index contributed by atoms with van der Waals surface area (Å²) in [6, 6.07) is 19.2. The zero-order valence-electron chi connectivity index (χ0n) is 12.1. The van der Waals surface area contributed by atoms with Crippen LogP contribution in [0.3, 0.4) is 0 Å². The summed E-state index contributed by atoms with van der Waals surface area (Å²) in [5.41, 5.74) is 12.5. The largest absolute Gasteiger partial charge is 0.321 e. The minimum atomic E-state index is -0.289. The van der Waals surface area contributed by atoms with Gasteiger partial charge in [-0.2, -0.15) is 0 Å². The Morgan fingerprint density at radius 3 is 2.38 bits per heavy atom. The van der Waals surface area contributed by atoms with Gasteiger partial charge < -0.3 is 5.73 Å². The molecule has 1 heterocycles. The lowest BCUT2D eigenvalue weighted by Gasteiger charge is -2.24. The molecule has 0 atom stereocenters. The van der Waals surface area contributed by atoms with E-state index in [4.69, 9.17) is 5.73 Å². The minimum absolute atomic E-state index is 0.289. The van der Waals surface area contributed by atoms with Crippen LogP contribution < -0.4 is 5.73 Å². The Morgan fingerprint density at radius 2 is 1.67 bits per heavy atom. The highest BCUT2D eigenvalue weighted by molar-refractivity contribution is 5.79. The van der Waals surface area contributed by atoms with Crippen LogP contribution in [0.2, 0.25) is 0 Å². The maximum atomic E-state index is 6.73. The van der Waals surface area contributed by atoms with Crippen LogP contribution in [-0.4, -0.2) is 4.98 Å². The van der Waals surface area contributed by atoms with E-state index in [1.54, 1.807) is 0 Å². The van der Waals surface area contributed by atoms with Crippen molar-refractivity contribution in [2.24, 2.45) is 5.73 Å². The van der Waals surface area contributed by atoms with Gasteiger partial charge in [-0.05, 0) is 54.7 Å². The Kier molecular flexibility index (Phi) is 2.63. The first-order valence-electron chi connectivity index (χ1n) is 7.38. The first kappa shape index (κ1) is 12.5. The maximum absolute atomic E-state index is 6.73. The van der Waals surface area contributed by atoms with E-state index in [0.717, 1.165) is 24.1 Å². The number of aromatic nitrogens is 1. The van der Waals surface area contributed by atoms with Crippen molar-refractivity contribution in [3.8, 4) is 0 Å². The second-order valence-corrected chi connectivity index (χ2v) is 6.14. The summed E-state index contributed by atoms with van der Waals surface area (Å²) in [5, 5.41) is 1.17. The summed E-state index contributed by atoms with van der Waals surface area (Å²) < 4.78 is 0. The van der Waals surface area contributed by atoms with Crippen LogP contribution in [0.15, 0.2) is 54.6 Å². The van der Waals surface area contributed by atoms with E-state index in [1.165, 1.54) is 22.1 Å². The van der Waals surface area contributed by atoms with E-state index in [-0.39, 0.29) is 5.54 Å². The molecule has 0 radical (unpaired) electrons. The number of hydrogen-bond donors (Lipinski definition) is 1. The Balaban J connectivity index is 1.79. The number of pyridine rings is 1. The number of fused-ring (bicyclic) bond motifs is 2. The van der Waals surface area contributed by atoms with Gasteiger partial charge in [-0.3, -0.25) is 4.98 Å². The molecule has 4 rings (SSSR count). The molecule has 3 aromatic rings. The van der Waals surface area contributed by atoms with Gasteiger partial charge in [-0.25, -0.2) is 0 Å². The fourth-order valence-corrected chi connectivity index (χ4v) is 3.39. The van der Waals surface area contributed by atoms with Crippen molar-refractivity contribution < 1.29 is 0 Å². The minimum Gasteiger partial charge on any atom is -0.321 e. The second kappa shape index (κ2) is 4.40. The van der Waals surface area contributed by atoms with Gasteiger partial charge >= 0.3 is 0 Å².